The molecule has 128 valence electrons. The molecule has 1 unspecified atom stereocenters. The van der Waals surface area contributed by atoms with Crippen LogP contribution in [-0.4, -0.2) is 43.9 Å². The fourth-order valence-electron chi connectivity index (χ4n) is 3.22. The van der Waals surface area contributed by atoms with Gasteiger partial charge in [-0.25, -0.2) is 9.97 Å². The first-order valence-electron chi connectivity index (χ1n) is 8.62. The van der Waals surface area contributed by atoms with Gasteiger partial charge in [-0.05, 0) is 45.1 Å². The third kappa shape index (κ3) is 3.13. The summed E-state index contributed by atoms with van der Waals surface area (Å²) in [7, 11) is 0. The SMILES string of the molecule is Cc1cnc(N2CCCC(O)(Cc3nc(C4CC4)no3)C2)nc1C. The highest BCUT2D eigenvalue weighted by Gasteiger charge is 2.37. The zero-order chi connectivity index (χ0) is 16.7. The molecular formula is C17H23N5O2. The molecule has 0 radical (unpaired) electrons. The van der Waals surface area contributed by atoms with E-state index in [2.05, 4.69) is 20.1 Å². The maximum absolute atomic E-state index is 11.0. The van der Waals surface area contributed by atoms with E-state index in [9.17, 15) is 5.11 Å². The lowest BCUT2D eigenvalue weighted by Crippen LogP contribution is -2.50. The number of rotatable bonds is 4. The number of hydrogen-bond donors (Lipinski definition) is 1. The van der Waals surface area contributed by atoms with Gasteiger partial charge in [0, 0.05) is 24.4 Å². The zero-order valence-corrected chi connectivity index (χ0v) is 14.2. The second-order valence-electron chi connectivity index (χ2n) is 7.19. The van der Waals surface area contributed by atoms with Gasteiger partial charge in [0.2, 0.25) is 11.8 Å². The van der Waals surface area contributed by atoms with Crippen LogP contribution in [0.2, 0.25) is 0 Å². The monoisotopic (exact) mass is 329 g/mol. The molecule has 0 amide bonds. The van der Waals surface area contributed by atoms with Gasteiger partial charge < -0.3 is 14.5 Å². The molecule has 7 nitrogen and oxygen atoms in total. The molecule has 1 N–H and O–H groups in total. The van der Waals surface area contributed by atoms with E-state index >= 15 is 0 Å². The molecule has 1 atom stereocenters. The van der Waals surface area contributed by atoms with Gasteiger partial charge in [-0.15, -0.1) is 0 Å². The van der Waals surface area contributed by atoms with Crippen LogP contribution in [0.1, 0.15) is 54.6 Å². The molecule has 2 aromatic heterocycles. The summed E-state index contributed by atoms with van der Waals surface area (Å²) < 4.78 is 5.34. The van der Waals surface area contributed by atoms with E-state index < -0.39 is 5.60 Å². The molecule has 1 aliphatic carbocycles. The number of aromatic nitrogens is 4. The van der Waals surface area contributed by atoms with E-state index in [1.165, 1.54) is 0 Å². The van der Waals surface area contributed by atoms with Crippen LogP contribution in [0, 0.1) is 13.8 Å². The summed E-state index contributed by atoms with van der Waals surface area (Å²) in [5.74, 6) is 2.46. The Morgan fingerprint density at radius 3 is 2.92 bits per heavy atom. The molecule has 24 heavy (non-hydrogen) atoms. The van der Waals surface area contributed by atoms with E-state index in [-0.39, 0.29) is 0 Å². The molecule has 3 heterocycles. The van der Waals surface area contributed by atoms with Gasteiger partial charge in [-0.1, -0.05) is 5.16 Å². The Morgan fingerprint density at radius 1 is 1.33 bits per heavy atom. The van der Waals surface area contributed by atoms with Crippen LogP contribution in [0.4, 0.5) is 5.95 Å². The van der Waals surface area contributed by atoms with Gasteiger partial charge in [0.15, 0.2) is 5.82 Å². The first-order chi connectivity index (χ1) is 11.5. The number of nitrogens with zero attached hydrogens (tertiary/aromatic N) is 5. The van der Waals surface area contributed by atoms with Crippen LogP contribution in [0.15, 0.2) is 10.7 Å². The van der Waals surface area contributed by atoms with Crippen molar-refractivity contribution < 1.29 is 9.63 Å². The molecule has 0 aromatic carbocycles. The second-order valence-corrected chi connectivity index (χ2v) is 7.19. The second kappa shape index (κ2) is 5.81. The lowest BCUT2D eigenvalue weighted by molar-refractivity contribution is 0.0189. The number of piperidine rings is 1. The van der Waals surface area contributed by atoms with Crippen LogP contribution >= 0.6 is 0 Å². The molecule has 1 saturated heterocycles. The highest BCUT2D eigenvalue weighted by Crippen LogP contribution is 2.38. The molecule has 0 bridgehead atoms. The van der Waals surface area contributed by atoms with Gasteiger partial charge >= 0.3 is 0 Å². The van der Waals surface area contributed by atoms with Crippen LogP contribution in [0.5, 0.6) is 0 Å². The molecule has 2 fully saturated rings. The van der Waals surface area contributed by atoms with E-state index in [0.717, 1.165) is 49.3 Å². The lowest BCUT2D eigenvalue weighted by Gasteiger charge is -2.38. The van der Waals surface area contributed by atoms with Crippen molar-refractivity contribution >= 4 is 5.95 Å². The number of aryl methyl sites for hydroxylation is 2. The van der Waals surface area contributed by atoms with E-state index in [0.29, 0.717) is 30.7 Å². The predicted molar refractivity (Wildman–Crippen MR) is 87.9 cm³/mol. The van der Waals surface area contributed by atoms with Crippen LogP contribution in [0.3, 0.4) is 0 Å². The van der Waals surface area contributed by atoms with Crippen LogP contribution in [-0.2, 0) is 6.42 Å². The fourth-order valence-corrected chi connectivity index (χ4v) is 3.22. The quantitative estimate of drug-likeness (QED) is 0.917. The molecular weight excluding hydrogens is 306 g/mol. The average molecular weight is 329 g/mol. The maximum atomic E-state index is 11.0. The largest absolute Gasteiger partial charge is 0.388 e. The van der Waals surface area contributed by atoms with Crippen molar-refractivity contribution in [1.82, 2.24) is 20.1 Å². The summed E-state index contributed by atoms with van der Waals surface area (Å²) in [6.07, 6.45) is 6.10. The molecule has 2 aliphatic rings. The minimum atomic E-state index is -0.881. The topological polar surface area (TPSA) is 88.2 Å². The van der Waals surface area contributed by atoms with E-state index in [1.54, 1.807) is 0 Å². The molecule has 1 aliphatic heterocycles. The Morgan fingerprint density at radius 2 is 2.17 bits per heavy atom. The van der Waals surface area contributed by atoms with Gasteiger partial charge in [-0.3, -0.25) is 0 Å². The van der Waals surface area contributed by atoms with Gasteiger partial charge in [-0.2, -0.15) is 4.98 Å². The Labute approximate surface area is 141 Å². The maximum Gasteiger partial charge on any atom is 0.229 e. The number of β-amino-alcohol motifs (C(OH)–C–C–N with tert-alkyl or cyclic N) is 1. The first-order valence-corrected chi connectivity index (χ1v) is 8.62. The molecule has 7 heteroatoms. The Balaban J connectivity index is 1.48. The first kappa shape index (κ1) is 15.5. The van der Waals surface area contributed by atoms with Crippen molar-refractivity contribution in [2.24, 2.45) is 0 Å². The predicted octanol–water partition coefficient (Wildman–Crippen LogP) is 1.93. The molecule has 2 aromatic rings. The Kier molecular flexibility index (Phi) is 3.75. The summed E-state index contributed by atoms with van der Waals surface area (Å²) in [5, 5.41) is 15.1. The summed E-state index contributed by atoms with van der Waals surface area (Å²) in [4.78, 5) is 15.5. The highest BCUT2D eigenvalue weighted by molar-refractivity contribution is 5.34. The smallest absolute Gasteiger partial charge is 0.229 e. The summed E-state index contributed by atoms with van der Waals surface area (Å²) >= 11 is 0. The highest BCUT2D eigenvalue weighted by atomic mass is 16.5. The Hall–Kier alpha value is -2.02. The zero-order valence-electron chi connectivity index (χ0n) is 14.2. The van der Waals surface area contributed by atoms with Crippen molar-refractivity contribution in [3.05, 3.63) is 29.2 Å². The number of hydrogen-bond acceptors (Lipinski definition) is 7. The standard InChI is InChI=1S/C17H23N5O2/c1-11-9-18-16(19-12(11)2)22-7-3-6-17(23,10-22)8-14-20-15(21-24-14)13-4-5-13/h9,13,23H,3-8,10H2,1-2H3. The summed E-state index contributed by atoms with van der Waals surface area (Å²) in [6.45, 7) is 5.31. The van der Waals surface area contributed by atoms with Gasteiger partial charge in [0.25, 0.3) is 0 Å². The van der Waals surface area contributed by atoms with Crippen LogP contribution in [0.25, 0.3) is 0 Å². The minimum Gasteiger partial charge on any atom is -0.388 e. The van der Waals surface area contributed by atoms with E-state index in [4.69, 9.17) is 4.52 Å². The lowest BCUT2D eigenvalue weighted by atomic mass is 9.89. The number of anilines is 1. The Bertz CT molecular complexity index is 742. The molecule has 0 spiro atoms. The normalized spacial score (nSPS) is 24.4. The average Bonchev–Trinajstić information content (AvgIpc) is 3.30. The van der Waals surface area contributed by atoms with Crippen molar-refractivity contribution in [3.63, 3.8) is 0 Å². The van der Waals surface area contributed by atoms with E-state index in [1.807, 2.05) is 24.9 Å². The van der Waals surface area contributed by atoms with Crippen molar-refractivity contribution in [3.8, 4) is 0 Å². The van der Waals surface area contributed by atoms with Gasteiger partial charge in [0.05, 0.1) is 18.6 Å². The van der Waals surface area contributed by atoms with Gasteiger partial charge in [0.1, 0.15) is 0 Å². The van der Waals surface area contributed by atoms with Crippen molar-refractivity contribution in [1.29, 1.82) is 0 Å². The summed E-state index contributed by atoms with van der Waals surface area (Å²) in [6, 6.07) is 0. The third-order valence-corrected chi connectivity index (χ3v) is 4.96. The van der Waals surface area contributed by atoms with Crippen LogP contribution < -0.4 is 4.90 Å². The third-order valence-electron chi connectivity index (χ3n) is 4.96. The summed E-state index contributed by atoms with van der Waals surface area (Å²) in [5.41, 5.74) is 1.16. The van der Waals surface area contributed by atoms with Crippen molar-refractivity contribution in [2.45, 2.75) is 57.5 Å². The van der Waals surface area contributed by atoms with Crippen molar-refractivity contribution in [2.75, 3.05) is 18.0 Å². The fraction of sp³-hybridized carbons (Fsp3) is 0.647. The minimum absolute atomic E-state index is 0.383. The molecule has 1 saturated carbocycles. The number of aliphatic hydroxyl groups is 1. The molecule has 4 rings (SSSR count).